The highest BCUT2D eigenvalue weighted by molar-refractivity contribution is 4.92. The molecule has 15 heavy (non-hydrogen) atoms. The van der Waals surface area contributed by atoms with E-state index in [2.05, 4.69) is 31.0 Å². The van der Waals surface area contributed by atoms with Gasteiger partial charge < -0.3 is 5.32 Å². The van der Waals surface area contributed by atoms with Crippen LogP contribution in [-0.2, 0) is 0 Å². The zero-order valence-corrected chi connectivity index (χ0v) is 10.6. The van der Waals surface area contributed by atoms with Gasteiger partial charge in [0.25, 0.3) is 0 Å². The van der Waals surface area contributed by atoms with Crippen LogP contribution in [0.25, 0.3) is 0 Å². The van der Waals surface area contributed by atoms with Gasteiger partial charge in [-0.15, -0.1) is 0 Å². The molecule has 0 aromatic carbocycles. The highest BCUT2D eigenvalue weighted by atomic mass is 15.2. The molecular weight excluding hydrogens is 184 g/mol. The molecule has 2 rings (SSSR count). The lowest BCUT2D eigenvalue weighted by Crippen LogP contribution is -2.56. The number of nitrogens with one attached hydrogen (secondary N) is 1. The summed E-state index contributed by atoms with van der Waals surface area (Å²) in [6.07, 6.45) is 4.13. The summed E-state index contributed by atoms with van der Waals surface area (Å²) in [4.78, 5) is 2.71. The molecule has 0 amide bonds. The van der Waals surface area contributed by atoms with Gasteiger partial charge in [-0.3, -0.25) is 4.90 Å². The molecule has 1 N–H and O–H groups in total. The minimum absolute atomic E-state index is 0.513. The Morgan fingerprint density at radius 1 is 1.07 bits per heavy atom. The van der Waals surface area contributed by atoms with Crippen LogP contribution in [0.5, 0.6) is 0 Å². The molecular formula is C13H26N2. The van der Waals surface area contributed by atoms with E-state index in [1.165, 1.54) is 45.4 Å². The minimum atomic E-state index is 0.513. The quantitative estimate of drug-likeness (QED) is 0.713. The molecule has 0 saturated carbocycles. The first kappa shape index (κ1) is 11.4. The molecule has 1 unspecified atom stereocenters. The van der Waals surface area contributed by atoms with Crippen molar-refractivity contribution in [3.05, 3.63) is 0 Å². The van der Waals surface area contributed by atoms with E-state index in [1.807, 2.05) is 0 Å². The lowest BCUT2D eigenvalue weighted by Gasteiger charge is -2.49. The topological polar surface area (TPSA) is 15.3 Å². The summed E-state index contributed by atoms with van der Waals surface area (Å²) in [5.74, 6) is 0.925. The summed E-state index contributed by atoms with van der Waals surface area (Å²) in [7, 11) is 0. The average Bonchev–Trinajstić information content (AvgIpc) is 2.27. The number of hydrogen-bond donors (Lipinski definition) is 1. The zero-order chi connectivity index (χ0) is 10.9. The van der Waals surface area contributed by atoms with Crippen molar-refractivity contribution in [2.24, 2.45) is 11.3 Å². The van der Waals surface area contributed by atoms with Crippen molar-refractivity contribution in [2.75, 3.05) is 26.2 Å². The molecule has 2 aliphatic rings. The first-order valence-corrected chi connectivity index (χ1v) is 6.52. The smallest absolute Gasteiger partial charge is 0.0108 e. The number of hydrogen-bond acceptors (Lipinski definition) is 2. The maximum Gasteiger partial charge on any atom is 0.0108 e. The standard InChI is InChI=1S/C13H26N2/c1-13(2,3)11-9-15(10-11)12-5-4-7-14-8-6-12/h11-12,14H,4-10H2,1-3H3. The molecule has 0 spiro atoms. The van der Waals surface area contributed by atoms with Crippen molar-refractivity contribution in [1.29, 1.82) is 0 Å². The number of rotatable bonds is 1. The van der Waals surface area contributed by atoms with Crippen LogP contribution in [-0.4, -0.2) is 37.1 Å². The molecule has 0 bridgehead atoms. The van der Waals surface area contributed by atoms with E-state index in [4.69, 9.17) is 0 Å². The van der Waals surface area contributed by atoms with Crippen LogP contribution < -0.4 is 5.32 Å². The Bertz CT molecular complexity index is 193. The lowest BCUT2D eigenvalue weighted by molar-refractivity contribution is -0.0104. The van der Waals surface area contributed by atoms with Crippen molar-refractivity contribution in [1.82, 2.24) is 10.2 Å². The van der Waals surface area contributed by atoms with Crippen molar-refractivity contribution in [3.8, 4) is 0 Å². The summed E-state index contributed by atoms with van der Waals surface area (Å²) in [5.41, 5.74) is 0.513. The molecule has 0 aromatic rings. The molecule has 2 fully saturated rings. The van der Waals surface area contributed by atoms with Crippen LogP contribution in [0.1, 0.15) is 40.0 Å². The predicted molar refractivity (Wildman–Crippen MR) is 65.0 cm³/mol. The predicted octanol–water partition coefficient (Wildman–Crippen LogP) is 2.11. The second kappa shape index (κ2) is 4.42. The summed E-state index contributed by atoms with van der Waals surface area (Å²) < 4.78 is 0. The molecule has 0 aromatic heterocycles. The molecule has 1 atom stereocenters. The molecule has 2 saturated heterocycles. The summed E-state index contributed by atoms with van der Waals surface area (Å²) in [6, 6.07) is 0.874. The molecule has 2 heterocycles. The Morgan fingerprint density at radius 3 is 2.47 bits per heavy atom. The lowest BCUT2D eigenvalue weighted by atomic mass is 9.75. The van der Waals surface area contributed by atoms with Crippen molar-refractivity contribution < 1.29 is 0 Å². The van der Waals surface area contributed by atoms with Gasteiger partial charge in [0, 0.05) is 19.1 Å². The summed E-state index contributed by atoms with van der Waals surface area (Å²) in [5, 5.41) is 3.50. The van der Waals surface area contributed by atoms with E-state index >= 15 is 0 Å². The second-order valence-corrected chi connectivity index (χ2v) is 6.35. The van der Waals surface area contributed by atoms with Gasteiger partial charge in [-0.25, -0.2) is 0 Å². The van der Waals surface area contributed by atoms with Gasteiger partial charge in [0.15, 0.2) is 0 Å². The second-order valence-electron chi connectivity index (χ2n) is 6.35. The normalized spacial score (nSPS) is 31.0. The van der Waals surface area contributed by atoms with Gasteiger partial charge >= 0.3 is 0 Å². The fourth-order valence-corrected chi connectivity index (χ4v) is 2.72. The fraction of sp³-hybridized carbons (Fsp3) is 1.00. The maximum atomic E-state index is 3.50. The molecule has 0 aliphatic carbocycles. The number of nitrogens with zero attached hydrogens (tertiary/aromatic N) is 1. The van der Waals surface area contributed by atoms with E-state index in [0.717, 1.165) is 12.0 Å². The van der Waals surface area contributed by atoms with E-state index in [9.17, 15) is 0 Å². The zero-order valence-electron chi connectivity index (χ0n) is 10.6. The van der Waals surface area contributed by atoms with Crippen molar-refractivity contribution in [2.45, 2.75) is 46.1 Å². The first-order valence-electron chi connectivity index (χ1n) is 6.52. The number of likely N-dealkylation sites (tertiary alicyclic amines) is 1. The minimum Gasteiger partial charge on any atom is -0.317 e. The molecule has 88 valence electrons. The van der Waals surface area contributed by atoms with Crippen LogP contribution in [0.15, 0.2) is 0 Å². The SMILES string of the molecule is CC(C)(C)C1CN(C2CCCNCC2)C1. The Labute approximate surface area is 94.4 Å². The van der Waals surface area contributed by atoms with Crippen LogP contribution in [0.2, 0.25) is 0 Å². The first-order chi connectivity index (χ1) is 7.07. The third-order valence-electron chi connectivity index (χ3n) is 4.20. The molecule has 2 heteroatoms. The van der Waals surface area contributed by atoms with E-state index in [0.29, 0.717) is 5.41 Å². The van der Waals surface area contributed by atoms with Gasteiger partial charge in [0.2, 0.25) is 0 Å². The van der Waals surface area contributed by atoms with E-state index in [-0.39, 0.29) is 0 Å². The van der Waals surface area contributed by atoms with Gasteiger partial charge in [0.05, 0.1) is 0 Å². The van der Waals surface area contributed by atoms with E-state index in [1.54, 1.807) is 0 Å². The average molecular weight is 210 g/mol. The van der Waals surface area contributed by atoms with Gasteiger partial charge in [-0.05, 0) is 43.7 Å². The largest absolute Gasteiger partial charge is 0.317 e. The Balaban J connectivity index is 1.78. The maximum absolute atomic E-state index is 3.50. The highest BCUT2D eigenvalue weighted by Crippen LogP contribution is 2.35. The molecule has 2 nitrogen and oxygen atoms in total. The van der Waals surface area contributed by atoms with Crippen LogP contribution in [0, 0.1) is 11.3 Å². The molecule has 2 aliphatic heterocycles. The monoisotopic (exact) mass is 210 g/mol. The Morgan fingerprint density at radius 2 is 1.80 bits per heavy atom. The third-order valence-corrected chi connectivity index (χ3v) is 4.20. The highest BCUT2D eigenvalue weighted by Gasteiger charge is 2.38. The van der Waals surface area contributed by atoms with Crippen LogP contribution in [0.4, 0.5) is 0 Å². The summed E-state index contributed by atoms with van der Waals surface area (Å²) in [6.45, 7) is 12.3. The fourth-order valence-electron chi connectivity index (χ4n) is 2.72. The van der Waals surface area contributed by atoms with Gasteiger partial charge in [0.1, 0.15) is 0 Å². The van der Waals surface area contributed by atoms with Crippen molar-refractivity contribution in [3.63, 3.8) is 0 Å². The summed E-state index contributed by atoms with van der Waals surface area (Å²) >= 11 is 0. The molecule has 0 radical (unpaired) electrons. The van der Waals surface area contributed by atoms with Gasteiger partial charge in [-0.1, -0.05) is 20.8 Å². The van der Waals surface area contributed by atoms with Crippen molar-refractivity contribution >= 4 is 0 Å². The van der Waals surface area contributed by atoms with E-state index < -0.39 is 0 Å². The Kier molecular flexibility index (Phi) is 3.36. The third kappa shape index (κ3) is 2.73. The van der Waals surface area contributed by atoms with Crippen LogP contribution >= 0.6 is 0 Å². The van der Waals surface area contributed by atoms with Crippen LogP contribution in [0.3, 0.4) is 0 Å². The Hall–Kier alpha value is -0.0800. The van der Waals surface area contributed by atoms with Gasteiger partial charge in [-0.2, -0.15) is 0 Å².